The van der Waals surface area contributed by atoms with E-state index in [1.54, 1.807) is 5.38 Å². The minimum atomic E-state index is -0.240. The molecule has 1 aromatic heterocycles. The summed E-state index contributed by atoms with van der Waals surface area (Å²) in [6.45, 7) is 2.82. The van der Waals surface area contributed by atoms with Gasteiger partial charge in [-0.25, -0.2) is 0 Å². The minimum absolute atomic E-state index is 0.128. The van der Waals surface area contributed by atoms with Gasteiger partial charge in [-0.05, 0) is 12.8 Å². The maximum atomic E-state index is 12.7. The second kappa shape index (κ2) is 7.53. The Morgan fingerprint density at radius 2 is 1.79 bits per heavy atom. The van der Waals surface area contributed by atoms with Gasteiger partial charge in [0.25, 0.3) is 5.91 Å². The number of carbonyl (C=O) groups is 2. The van der Waals surface area contributed by atoms with Crippen LogP contribution in [0, 0.1) is 5.92 Å². The number of nitrogens with one attached hydrogen (secondary N) is 1. The van der Waals surface area contributed by atoms with Crippen molar-refractivity contribution < 1.29 is 28.5 Å². The number of nitrogens with zero attached hydrogens (tertiary/aromatic N) is 1. The third-order valence-electron chi connectivity index (χ3n) is 5.85. The Morgan fingerprint density at radius 3 is 2.46 bits per heavy atom. The van der Waals surface area contributed by atoms with Crippen LogP contribution in [-0.2, 0) is 14.3 Å². The summed E-state index contributed by atoms with van der Waals surface area (Å²) in [4.78, 5) is 27.5. The molecule has 3 fully saturated rings. The van der Waals surface area contributed by atoms with Crippen molar-refractivity contribution in [2.24, 2.45) is 5.92 Å². The van der Waals surface area contributed by atoms with E-state index < -0.39 is 0 Å². The van der Waals surface area contributed by atoms with Crippen LogP contribution in [0.3, 0.4) is 0 Å². The summed E-state index contributed by atoms with van der Waals surface area (Å²) >= 11 is 1.31. The Labute approximate surface area is 167 Å². The molecular formula is C19H24N2O6S. The molecule has 0 spiro atoms. The second-order valence-electron chi connectivity index (χ2n) is 7.74. The Kier molecular flexibility index (Phi) is 4.90. The van der Waals surface area contributed by atoms with Gasteiger partial charge in [0.1, 0.15) is 30.3 Å². The third-order valence-corrected chi connectivity index (χ3v) is 6.79. The lowest BCUT2D eigenvalue weighted by atomic mass is 9.84. The van der Waals surface area contributed by atoms with E-state index in [1.165, 1.54) is 11.3 Å². The minimum Gasteiger partial charge on any atom is -0.485 e. The number of amides is 2. The van der Waals surface area contributed by atoms with Gasteiger partial charge in [-0.15, -0.1) is 11.3 Å². The molecule has 2 amide bonds. The summed E-state index contributed by atoms with van der Waals surface area (Å²) in [6, 6.07) is -0.240. The van der Waals surface area contributed by atoms with Gasteiger partial charge in [-0.2, -0.15) is 0 Å². The molecule has 3 aliphatic heterocycles. The molecule has 0 radical (unpaired) electrons. The van der Waals surface area contributed by atoms with Gasteiger partial charge in [0, 0.05) is 24.4 Å². The SMILES string of the molecule is O=C(NC1CO[C@H]2CN(C(=O)C3CCC3)C[C@@H]2OC1)c1scc2c1OCCO2. The number of rotatable bonds is 3. The predicted octanol–water partition coefficient (Wildman–Crippen LogP) is 1.04. The number of carbonyl (C=O) groups excluding carboxylic acids is 2. The van der Waals surface area contributed by atoms with Crippen LogP contribution in [0.4, 0.5) is 0 Å². The van der Waals surface area contributed by atoms with Crippen molar-refractivity contribution in [2.75, 3.05) is 39.5 Å². The number of fused-ring (bicyclic) bond motifs is 2. The Bertz CT molecular complexity index is 748. The zero-order valence-electron chi connectivity index (χ0n) is 15.6. The Hall–Kier alpha value is -1.84. The van der Waals surface area contributed by atoms with E-state index in [2.05, 4.69) is 5.32 Å². The van der Waals surface area contributed by atoms with E-state index in [9.17, 15) is 9.59 Å². The first-order chi connectivity index (χ1) is 13.7. The van der Waals surface area contributed by atoms with Crippen molar-refractivity contribution in [2.45, 2.75) is 37.5 Å². The van der Waals surface area contributed by atoms with Crippen LogP contribution in [0.15, 0.2) is 5.38 Å². The smallest absolute Gasteiger partial charge is 0.265 e. The first-order valence-corrected chi connectivity index (χ1v) is 10.8. The summed E-state index contributed by atoms with van der Waals surface area (Å²) < 4.78 is 23.1. The summed E-state index contributed by atoms with van der Waals surface area (Å²) in [5.74, 6) is 1.37. The van der Waals surface area contributed by atoms with Crippen LogP contribution in [0.1, 0.15) is 28.9 Å². The van der Waals surface area contributed by atoms with Crippen LogP contribution in [0.2, 0.25) is 0 Å². The van der Waals surface area contributed by atoms with Crippen molar-refractivity contribution in [3.63, 3.8) is 0 Å². The summed E-state index contributed by atoms with van der Waals surface area (Å²) in [5.41, 5.74) is 0. The Balaban J connectivity index is 1.16. The third kappa shape index (κ3) is 3.35. The maximum absolute atomic E-state index is 12.7. The zero-order valence-corrected chi connectivity index (χ0v) is 16.4. The molecule has 8 nitrogen and oxygen atoms in total. The van der Waals surface area contributed by atoms with E-state index in [0.717, 1.165) is 19.3 Å². The molecule has 1 saturated carbocycles. The van der Waals surface area contributed by atoms with E-state index in [4.69, 9.17) is 18.9 Å². The van der Waals surface area contributed by atoms with E-state index in [0.29, 0.717) is 55.9 Å². The van der Waals surface area contributed by atoms with Gasteiger partial charge in [-0.1, -0.05) is 6.42 Å². The highest BCUT2D eigenvalue weighted by atomic mass is 32.1. The summed E-state index contributed by atoms with van der Waals surface area (Å²) in [6.07, 6.45) is 2.90. The molecule has 4 aliphatic rings. The molecule has 1 aliphatic carbocycles. The van der Waals surface area contributed by atoms with Crippen LogP contribution in [0.5, 0.6) is 11.5 Å². The van der Waals surface area contributed by atoms with E-state index in [1.807, 2.05) is 4.90 Å². The fraction of sp³-hybridized carbons (Fsp3) is 0.684. The molecule has 152 valence electrons. The maximum Gasteiger partial charge on any atom is 0.265 e. The van der Waals surface area contributed by atoms with Gasteiger partial charge in [0.2, 0.25) is 5.91 Å². The number of ether oxygens (including phenoxy) is 4. The molecule has 1 N–H and O–H groups in total. The summed E-state index contributed by atoms with van der Waals surface area (Å²) in [5, 5.41) is 4.77. The lowest BCUT2D eigenvalue weighted by Gasteiger charge is -2.29. The first-order valence-electron chi connectivity index (χ1n) is 9.89. The molecule has 0 unspecified atom stereocenters. The molecule has 5 rings (SSSR count). The predicted molar refractivity (Wildman–Crippen MR) is 100.0 cm³/mol. The number of hydrogen-bond donors (Lipinski definition) is 1. The average molecular weight is 408 g/mol. The van der Waals surface area contributed by atoms with E-state index >= 15 is 0 Å². The quantitative estimate of drug-likeness (QED) is 0.805. The van der Waals surface area contributed by atoms with Crippen molar-refractivity contribution in [3.8, 4) is 11.5 Å². The average Bonchev–Trinajstić information content (AvgIpc) is 3.22. The molecular weight excluding hydrogens is 384 g/mol. The highest BCUT2D eigenvalue weighted by molar-refractivity contribution is 7.12. The van der Waals surface area contributed by atoms with Gasteiger partial charge >= 0.3 is 0 Å². The molecule has 4 heterocycles. The van der Waals surface area contributed by atoms with Crippen molar-refractivity contribution in [3.05, 3.63) is 10.3 Å². The first kappa shape index (κ1) is 18.2. The van der Waals surface area contributed by atoms with Crippen molar-refractivity contribution >= 4 is 23.2 Å². The fourth-order valence-corrected chi connectivity index (χ4v) is 4.87. The lowest BCUT2D eigenvalue weighted by molar-refractivity contribution is -0.137. The zero-order chi connectivity index (χ0) is 19.1. The monoisotopic (exact) mass is 408 g/mol. The normalized spacial score (nSPS) is 27.6. The van der Waals surface area contributed by atoms with Crippen molar-refractivity contribution in [1.82, 2.24) is 10.2 Å². The molecule has 0 bridgehead atoms. The van der Waals surface area contributed by atoms with Gasteiger partial charge in [0.05, 0.1) is 19.3 Å². The van der Waals surface area contributed by atoms with Crippen LogP contribution in [-0.4, -0.2) is 74.5 Å². The topological polar surface area (TPSA) is 86.3 Å². The largest absolute Gasteiger partial charge is 0.485 e. The van der Waals surface area contributed by atoms with Crippen LogP contribution < -0.4 is 14.8 Å². The standard InChI is InChI=1S/C19H24N2O6S/c22-18(17-16-15(10-28-17)24-4-5-25-16)20-12-8-26-13-6-21(7-14(13)27-9-12)19(23)11-2-1-3-11/h10-14H,1-9H2,(H,20,22)/t13-,14-/m0/s1. The molecule has 0 aromatic carbocycles. The number of thiophene rings is 1. The molecule has 9 heteroatoms. The molecule has 1 aromatic rings. The number of hydrogen-bond acceptors (Lipinski definition) is 7. The Morgan fingerprint density at radius 1 is 1.07 bits per heavy atom. The molecule has 2 atom stereocenters. The van der Waals surface area contributed by atoms with Gasteiger partial charge < -0.3 is 29.2 Å². The highest BCUT2D eigenvalue weighted by Crippen LogP contribution is 2.39. The molecule has 28 heavy (non-hydrogen) atoms. The number of likely N-dealkylation sites (tertiary alicyclic amines) is 1. The van der Waals surface area contributed by atoms with Crippen LogP contribution in [0.25, 0.3) is 0 Å². The van der Waals surface area contributed by atoms with E-state index in [-0.39, 0.29) is 36.0 Å². The summed E-state index contributed by atoms with van der Waals surface area (Å²) in [7, 11) is 0. The van der Waals surface area contributed by atoms with Gasteiger partial charge in [-0.3, -0.25) is 9.59 Å². The van der Waals surface area contributed by atoms with Crippen LogP contribution >= 0.6 is 11.3 Å². The highest BCUT2D eigenvalue weighted by Gasteiger charge is 2.42. The fourth-order valence-electron chi connectivity index (χ4n) is 4.04. The van der Waals surface area contributed by atoms with Gasteiger partial charge in [0.15, 0.2) is 11.5 Å². The second-order valence-corrected chi connectivity index (χ2v) is 8.62. The van der Waals surface area contributed by atoms with Crippen molar-refractivity contribution in [1.29, 1.82) is 0 Å². The lowest BCUT2D eigenvalue weighted by Crippen LogP contribution is -2.42. The molecule has 2 saturated heterocycles.